The maximum absolute atomic E-state index is 5.50. The second-order valence-corrected chi connectivity index (χ2v) is 8.51. The van der Waals surface area contributed by atoms with Gasteiger partial charge in [0.05, 0.1) is 18.4 Å². The molecule has 2 aromatic carbocycles. The Morgan fingerprint density at radius 1 is 1.17 bits per heavy atom. The van der Waals surface area contributed by atoms with E-state index in [-0.39, 0.29) is 0 Å². The second-order valence-electron chi connectivity index (χ2n) is 6.71. The van der Waals surface area contributed by atoms with E-state index in [0.29, 0.717) is 6.54 Å². The molecule has 0 radical (unpaired) electrons. The summed E-state index contributed by atoms with van der Waals surface area (Å²) in [5, 5.41) is 12.8. The van der Waals surface area contributed by atoms with Crippen LogP contribution in [0.2, 0.25) is 0 Å². The van der Waals surface area contributed by atoms with Gasteiger partial charge in [-0.2, -0.15) is 0 Å². The number of allylic oxidation sites excluding steroid dienone is 1. The smallest absolute Gasteiger partial charge is 0.192 e. The Balaban J connectivity index is 1.56. The number of benzene rings is 2. The van der Waals surface area contributed by atoms with E-state index in [9.17, 15) is 0 Å². The molecular formula is C23H22N4OS2. The highest BCUT2D eigenvalue weighted by Gasteiger charge is 2.17. The Morgan fingerprint density at radius 2 is 2.03 bits per heavy atom. The number of thioether (sulfide) groups is 1. The molecule has 0 saturated heterocycles. The number of thiazole rings is 1. The van der Waals surface area contributed by atoms with E-state index in [1.165, 1.54) is 5.56 Å². The van der Waals surface area contributed by atoms with Crippen LogP contribution >= 0.6 is 23.1 Å². The zero-order valence-corrected chi connectivity index (χ0v) is 18.5. The highest BCUT2D eigenvalue weighted by atomic mass is 32.2. The number of nitrogens with zero attached hydrogens (tertiary/aromatic N) is 4. The Morgan fingerprint density at radius 3 is 2.83 bits per heavy atom. The molecule has 0 saturated carbocycles. The minimum absolute atomic E-state index is 0.619. The van der Waals surface area contributed by atoms with Gasteiger partial charge in [-0.3, -0.25) is 4.57 Å². The topological polar surface area (TPSA) is 52.8 Å². The van der Waals surface area contributed by atoms with Gasteiger partial charge in [0.2, 0.25) is 0 Å². The number of hydrogen-bond acceptors (Lipinski definition) is 6. The average Bonchev–Trinajstić information content (AvgIpc) is 3.40. The molecule has 0 unspecified atom stereocenters. The van der Waals surface area contributed by atoms with E-state index in [4.69, 9.17) is 9.72 Å². The molecule has 7 heteroatoms. The predicted octanol–water partition coefficient (Wildman–Crippen LogP) is 5.86. The molecule has 5 nitrogen and oxygen atoms in total. The van der Waals surface area contributed by atoms with Crippen molar-refractivity contribution in [3.8, 4) is 27.7 Å². The number of methoxy groups -OCH3 is 1. The fraction of sp³-hybridized carbons (Fsp3) is 0.174. The van der Waals surface area contributed by atoms with E-state index in [1.807, 2.05) is 30.3 Å². The van der Waals surface area contributed by atoms with E-state index >= 15 is 0 Å². The van der Waals surface area contributed by atoms with Gasteiger partial charge >= 0.3 is 0 Å². The van der Waals surface area contributed by atoms with Crippen molar-refractivity contribution in [2.75, 3.05) is 7.11 Å². The van der Waals surface area contributed by atoms with E-state index in [1.54, 1.807) is 30.2 Å². The molecule has 4 aromatic rings. The van der Waals surface area contributed by atoms with Crippen LogP contribution in [0.25, 0.3) is 22.0 Å². The minimum atomic E-state index is 0.619. The molecule has 0 N–H and O–H groups in total. The lowest BCUT2D eigenvalue weighted by Crippen LogP contribution is -2.01. The van der Waals surface area contributed by atoms with Crippen LogP contribution in [0, 0.1) is 6.92 Å². The molecule has 0 amide bonds. The predicted molar refractivity (Wildman–Crippen MR) is 124 cm³/mol. The summed E-state index contributed by atoms with van der Waals surface area (Å²) < 4.78 is 7.56. The quantitative estimate of drug-likeness (QED) is 0.257. The van der Waals surface area contributed by atoms with Crippen LogP contribution < -0.4 is 4.74 Å². The fourth-order valence-corrected chi connectivity index (χ4v) is 4.90. The van der Waals surface area contributed by atoms with Gasteiger partial charge in [0.15, 0.2) is 11.0 Å². The van der Waals surface area contributed by atoms with Gasteiger partial charge in [-0.05, 0) is 25.1 Å². The lowest BCUT2D eigenvalue weighted by atomic mass is 10.1. The van der Waals surface area contributed by atoms with Crippen LogP contribution in [0.4, 0.5) is 0 Å². The highest BCUT2D eigenvalue weighted by Crippen LogP contribution is 2.32. The van der Waals surface area contributed by atoms with Crippen molar-refractivity contribution in [1.82, 2.24) is 19.7 Å². The third-order valence-electron chi connectivity index (χ3n) is 4.54. The number of hydrogen-bond donors (Lipinski definition) is 0. The summed E-state index contributed by atoms with van der Waals surface area (Å²) in [6.07, 6.45) is 1.85. The van der Waals surface area contributed by atoms with Crippen LogP contribution in [-0.2, 0) is 12.3 Å². The summed E-state index contributed by atoms with van der Waals surface area (Å²) >= 11 is 3.29. The summed E-state index contributed by atoms with van der Waals surface area (Å²) in [4.78, 5) is 4.80. The van der Waals surface area contributed by atoms with Gasteiger partial charge in [-0.25, -0.2) is 4.98 Å². The van der Waals surface area contributed by atoms with Crippen LogP contribution in [0.5, 0.6) is 5.75 Å². The second kappa shape index (κ2) is 9.28. The molecule has 2 heterocycles. The van der Waals surface area contributed by atoms with Crippen molar-refractivity contribution in [3.63, 3.8) is 0 Å². The lowest BCUT2D eigenvalue weighted by molar-refractivity contribution is 0.416. The van der Waals surface area contributed by atoms with Gasteiger partial charge in [-0.15, -0.1) is 28.1 Å². The minimum Gasteiger partial charge on any atom is -0.496 e. The number of aromatic nitrogens is 4. The normalized spacial score (nSPS) is 10.9. The Labute approximate surface area is 184 Å². The summed E-state index contributed by atoms with van der Waals surface area (Å²) in [5.74, 6) is 2.27. The molecule has 0 aliphatic rings. The zero-order valence-electron chi connectivity index (χ0n) is 16.9. The lowest BCUT2D eigenvalue weighted by Gasteiger charge is -2.10. The number of para-hydroxylation sites is 1. The van der Waals surface area contributed by atoms with Gasteiger partial charge < -0.3 is 4.74 Å². The van der Waals surface area contributed by atoms with Gasteiger partial charge in [-0.1, -0.05) is 53.7 Å². The third-order valence-corrected chi connectivity index (χ3v) is 6.48. The van der Waals surface area contributed by atoms with Crippen LogP contribution in [0.1, 0.15) is 11.3 Å². The first-order valence-corrected chi connectivity index (χ1v) is 11.4. The summed E-state index contributed by atoms with van der Waals surface area (Å²) in [7, 11) is 1.66. The number of rotatable bonds is 8. The maximum Gasteiger partial charge on any atom is 0.192 e. The zero-order chi connectivity index (χ0) is 20.9. The fourth-order valence-electron chi connectivity index (χ4n) is 3.14. The van der Waals surface area contributed by atoms with Gasteiger partial charge in [0.25, 0.3) is 0 Å². The molecule has 0 aliphatic carbocycles. The molecule has 0 aliphatic heterocycles. The molecule has 0 atom stereocenters. The van der Waals surface area contributed by atoms with E-state index in [0.717, 1.165) is 44.3 Å². The van der Waals surface area contributed by atoms with Crippen LogP contribution in [0.3, 0.4) is 0 Å². The Kier molecular flexibility index (Phi) is 6.30. The molecule has 152 valence electrons. The summed E-state index contributed by atoms with van der Waals surface area (Å²) in [5.41, 5.74) is 4.34. The third kappa shape index (κ3) is 4.32. The first kappa shape index (κ1) is 20.4. The van der Waals surface area contributed by atoms with Crippen molar-refractivity contribution in [1.29, 1.82) is 0 Å². The van der Waals surface area contributed by atoms with E-state index in [2.05, 4.69) is 57.9 Å². The maximum atomic E-state index is 5.50. The number of ether oxygens (including phenoxy) is 1. The molecule has 0 spiro atoms. The Hall–Kier alpha value is -2.90. The first-order chi connectivity index (χ1) is 14.7. The average molecular weight is 435 g/mol. The SMILES string of the molecule is C=CCn1c(SCc2csc(-c3cccc(C)c3)n2)nnc1-c1ccccc1OC. The number of aryl methyl sites for hydroxylation is 1. The van der Waals surface area contributed by atoms with Crippen molar-refractivity contribution >= 4 is 23.1 Å². The first-order valence-electron chi connectivity index (χ1n) is 9.51. The molecule has 0 fully saturated rings. The van der Waals surface area contributed by atoms with Crippen LogP contribution in [0.15, 0.2) is 71.7 Å². The Bertz CT molecular complexity index is 1170. The van der Waals surface area contributed by atoms with Crippen molar-refractivity contribution in [2.45, 2.75) is 24.4 Å². The van der Waals surface area contributed by atoms with Gasteiger partial charge in [0.1, 0.15) is 10.8 Å². The van der Waals surface area contributed by atoms with Crippen molar-refractivity contribution < 1.29 is 4.74 Å². The largest absolute Gasteiger partial charge is 0.496 e. The molecule has 2 aromatic heterocycles. The molecule has 0 bridgehead atoms. The van der Waals surface area contributed by atoms with Crippen molar-refractivity contribution in [3.05, 3.63) is 77.8 Å². The highest BCUT2D eigenvalue weighted by molar-refractivity contribution is 7.98. The summed E-state index contributed by atoms with van der Waals surface area (Å²) in [6, 6.07) is 16.3. The van der Waals surface area contributed by atoms with Crippen molar-refractivity contribution in [2.24, 2.45) is 0 Å². The van der Waals surface area contributed by atoms with E-state index < -0.39 is 0 Å². The molecule has 30 heavy (non-hydrogen) atoms. The van der Waals surface area contributed by atoms with Gasteiger partial charge in [0, 0.05) is 23.2 Å². The molecule has 4 rings (SSSR count). The van der Waals surface area contributed by atoms with Crippen LogP contribution in [-0.4, -0.2) is 26.9 Å². The monoisotopic (exact) mass is 434 g/mol. The standard InChI is InChI=1S/C23H22N4OS2/c1-4-12-27-21(19-10-5-6-11-20(19)28-3)25-26-23(27)30-15-18-14-29-22(24-18)17-9-7-8-16(2)13-17/h4-11,13-14H,1,12,15H2,2-3H3. The summed E-state index contributed by atoms with van der Waals surface area (Å²) in [6.45, 7) is 6.60. The molecular weight excluding hydrogens is 412 g/mol.